The van der Waals surface area contributed by atoms with Crippen LogP contribution in [0, 0.1) is 5.92 Å². The number of nitrogens with zero attached hydrogens (tertiary/aromatic N) is 1. The Hall–Kier alpha value is -1.61. The van der Waals surface area contributed by atoms with E-state index in [9.17, 15) is 9.90 Å². The molecule has 1 unspecified atom stereocenters. The molecule has 114 valence electrons. The normalized spacial score (nSPS) is 18.3. The monoisotopic (exact) mass is 287 g/mol. The second kappa shape index (κ2) is 7.41. The molecule has 1 heterocycles. The molecule has 3 heteroatoms. The van der Waals surface area contributed by atoms with Crippen molar-refractivity contribution >= 4 is 5.97 Å². The van der Waals surface area contributed by atoms with Gasteiger partial charge in [0, 0.05) is 0 Å². The Bertz CT molecular complexity index is 461. The summed E-state index contributed by atoms with van der Waals surface area (Å²) >= 11 is 0. The van der Waals surface area contributed by atoms with Crippen molar-refractivity contribution in [2.24, 2.45) is 5.92 Å². The highest BCUT2D eigenvalue weighted by Crippen LogP contribution is 2.28. The van der Waals surface area contributed by atoms with E-state index in [0.717, 1.165) is 38.0 Å². The number of hydrogen-bond acceptors (Lipinski definition) is 2. The van der Waals surface area contributed by atoms with Crippen molar-refractivity contribution in [2.75, 3.05) is 19.6 Å². The van der Waals surface area contributed by atoms with Crippen molar-refractivity contribution in [3.05, 3.63) is 48.0 Å². The summed E-state index contributed by atoms with van der Waals surface area (Å²) in [5.74, 6) is -0.502. The van der Waals surface area contributed by atoms with E-state index in [1.165, 1.54) is 5.56 Å². The van der Waals surface area contributed by atoms with E-state index in [4.69, 9.17) is 0 Å². The van der Waals surface area contributed by atoms with Gasteiger partial charge in [-0.05, 0) is 57.3 Å². The number of carboxylic acids is 1. The van der Waals surface area contributed by atoms with Gasteiger partial charge in [0.25, 0.3) is 0 Å². The van der Waals surface area contributed by atoms with E-state index in [1.54, 1.807) is 6.92 Å². The highest BCUT2D eigenvalue weighted by atomic mass is 16.4. The molecule has 21 heavy (non-hydrogen) atoms. The Labute approximate surface area is 127 Å². The molecule has 1 aromatic rings. The fourth-order valence-electron chi connectivity index (χ4n) is 3.11. The van der Waals surface area contributed by atoms with Crippen LogP contribution in [0.15, 0.2) is 42.5 Å². The van der Waals surface area contributed by atoms with Gasteiger partial charge in [-0.2, -0.15) is 0 Å². The van der Waals surface area contributed by atoms with Crippen molar-refractivity contribution in [3.8, 4) is 0 Å². The summed E-state index contributed by atoms with van der Waals surface area (Å²) < 4.78 is 0. The second-order valence-corrected chi connectivity index (χ2v) is 6.05. The molecule has 1 N–H and O–H groups in total. The molecule has 0 aliphatic carbocycles. The maximum atomic E-state index is 11.2. The van der Waals surface area contributed by atoms with Crippen LogP contribution in [0.25, 0.3) is 0 Å². The Balaban J connectivity index is 1.79. The topological polar surface area (TPSA) is 40.5 Å². The summed E-state index contributed by atoms with van der Waals surface area (Å²) in [7, 11) is 0. The van der Waals surface area contributed by atoms with Gasteiger partial charge in [-0.1, -0.05) is 42.5 Å². The number of rotatable bonds is 6. The van der Waals surface area contributed by atoms with E-state index in [-0.39, 0.29) is 0 Å². The zero-order valence-corrected chi connectivity index (χ0v) is 12.8. The van der Waals surface area contributed by atoms with Gasteiger partial charge in [-0.3, -0.25) is 4.79 Å². The molecule has 0 spiro atoms. The lowest BCUT2D eigenvalue weighted by atomic mass is 9.89. The van der Waals surface area contributed by atoms with E-state index in [2.05, 4.69) is 41.8 Å². The van der Waals surface area contributed by atoms with Crippen LogP contribution in [-0.2, 0) is 4.79 Å². The summed E-state index contributed by atoms with van der Waals surface area (Å²) in [6.45, 7) is 8.57. The number of carboxylic acid groups (broad SMARTS) is 1. The number of benzene rings is 1. The SMILES string of the molecule is C=C(C)C(CCN1CCC(c2ccccc2)CC1)C(=O)O. The van der Waals surface area contributed by atoms with Gasteiger partial charge in [0.05, 0.1) is 5.92 Å². The number of aliphatic carboxylic acids is 1. The van der Waals surface area contributed by atoms with Gasteiger partial charge < -0.3 is 10.0 Å². The maximum absolute atomic E-state index is 11.2. The zero-order chi connectivity index (χ0) is 15.2. The number of carbonyl (C=O) groups is 1. The lowest BCUT2D eigenvalue weighted by Crippen LogP contribution is -2.35. The predicted molar refractivity (Wildman–Crippen MR) is 85.4 cm³/mol. The molecule has 1 aliphatic heterocycles. The van der Waals surface area contributed by atoms with E-state index in [0.29, 0.717) is 12.3 Å². The molecule has 3 nitrogen and oxygen atoms in total. The van der Waals surface area contributed by atoms with Crippen LogP contribution in [-0.4, -0.2) is 35.6 Å². The van der Waals surface area contributed by atoms with Crippen molar-refractivity contribution in [2.45, 2.75) is 32.1 Å². The molecule has 1 fully saturated rings. The average molecular weight is 287 g/mol. The van der Waals surface area contributed by atoms with Gasteiger partial charge in [0.15, 0.2) is 0 Å². The smallest absolute Gasteiger partial charge is 0.310 e. The number of piperidine rings is 1. The van der Waals surface area contributed by atoms with Crippen LogP contribution < -0.4 is 0 Å². The Morgan fingerprint density at radius 2 is 1.95 bits per heavy atom. The van der Waals surface area contributed by atoms with Gasteiger partial charge >= 0.3 is 5.97 Å². The van der Waals surface area contributed by atoms with Crippen molar-refractivity contribution in [1.82, 2.24) is 4.90 Å². The summed E-state index contributed by atoms with van der Waals surface area (Å²) in [4.78, 5) is 13.6. The lowest BCUT2D eigenvalue weighted by Gasteiger charge is -2.32. The average Bonchev–Trinajstić information content (AvgIpc) is 2.48. The molecule has 0 amide bonds. The first-order valence-electron chi connectivity index (χ1n) is 7.73. The minimum atomic E-state index is -0.748. The van der Waals surface area contributed by atoms with Gasteiger partial charge in [0.2, 0.25) is 0 Å². The van der Waals surface area contributed by atoms with Crippen molar-refractivity contribution in [1.29, 1.82) is 0 Å². The Morgan fingerprint density at radius 1 is 1.33 bits per heavy atom. The van der Waals surface area contributed by atoms with E-state index < -0.39 is 11.9 Å². The van der Waals surface area contributed by atoms with Gasteiger partial charge in [-0.15, -0.1) is 0 Å². The van der Waals surface area contributed by atoms with Crippen LogP contribution in [0.3, 0.4) is 0 Å². The molecular formula is C18H25NO2. The van der Waals surface area contributed by atoms with Crippen molar-refractivity contribution < 1.29 is 9.90 Å². The molecule has 0 saturated carbocycles. The molecule has 1 saturated heterocycles. The first-order chi connectivity index (χ1) is 10.1. The Morgan fingerprint density at radius 3 is 2.48 bits per heavy atom. The first-order valence-corrected chi connectivity index (χ1v) is 7.73. The molecule has 1 atom stereocenters. The minimum absolute atomic E-state index is 0.406. The fourth-order valence-corrected chi connectivity index (χ4v) is 3.11. The number of hydrogen-bond donors (Lipinski definition) is 1. The van der Waals surface area contributed by atoms with Crippen LogP contribution in [0.4, 0.5) is 0 Å². The molecule has 1 aliphatic rings. The van der Waals surface area contributed by atoms with Gasteiger partial charge in [-0.25, -0.2) is 0 Å². The number of likely N-dealkylation sites (tertiary alicyclic amines) is 1. The molecular weight excluding hydrogens is 262 g/mol. The van der Waals surface area contributed by atoms with E-state index >= 15 is 0 Å². The zero-order valence-electron chi connectivity index (χ0n) is 12.8. The summed E-state index contributed by atoms with van der Waals surface area (Å²) in [5, 5.41) is 9.18. The lowest BCUT2D eigenvalue weighted by molar-refractivity contribution is -0.140. The quantitative estimate of drug-likeness (QED) is 0.814. The largest absolute Gasteiger partial charge is 0.481 e. The highest BCUT2D eigenvalue weighted by molar-refractivity contribution is 5.73. The minimum Gasteiger partial charge on any atom is -0.481 e. The van der Waals surface area contributed by atoms with Crippen LogP contribution in [0.5, 0.6) is 0 Å². The summed E-state index contributed by atoms with van der Waals surface area (Å²) in [6, 6.07) is 10.7. The highest BCUT2D eigenvalue weighted by Gasteiger charge is 2.23. The molecule has 0 bridgehead atoms. The molecule has 0 radical (unpaired) electrons. The maximum Gasteiger partial charge on any atom is 0.310 e. The standard InChI is InChI=1S/C18H25NO2/c1-14(2)17(18(20)21)10-13-19-11-8-16(9-12-19)15-6-4-3-5-7-15/h3-7,16-17H,1,8-13H2,2H3,(H,20,21). The summed E-state index contributed by atoms with van der Waals surface area (Å²) in [5.41, 5.74) is 2.18. The second-order valence-electron chi connectivity index (χ2n) is 6.05. The molecule has 1 aromatic carbocycles. The van der Waals surface area contributed by atoms with Crippen molar-refractivity contribution in [3.63, 3.8) is 0 Å². The molecule has 0 aromatic heterocycles. The Kier molecular flexibility index (Phi) is 5.57. The summed E-state index contributed by atoms with van der Waals surface area (Å²) in [6.07, 6.45) is 2.99. The third-order valence-corrected chi connectivity index (χ3v) is 4.49. The van der Waals surface area contributed by atoms with Gasteiger partial charge in [0.1, 0.15) is 0 Å². The first kappa shape index (κ1) is 15.8. The predicted octanol–water partition coefficient (Wildman–Crippen LogP) is 3.53. The van der Waals surface area contributed by atoms with Crippen LogP contribution in [0.1, 0.15) is 37.7 Å². The third kappa shape index (κ3) is 4.43. The third-order valence-electron chi connectivity index (χ3n) is 4.49. The fraction of sp³-hybridized carbons (Fsp3) is 0.500. The van der Waals surface area contributed by atoms with Crippen LogP contribution >= 0.6 is 0 Å². The van der Waals surface area contributed by atoms with Crippen LogP contribution in [0.2, 0.25) is 0 Å². The molecule has 2 rings (SSSR count). The van der Waals surface area contributed by atoms with E-state index in [1.807, 2.05) is 0 Å².